The highest BCUT2D eigenvalue weighted by molar-refractivity contribution is 9.10. The van der Waals surface area contributed by atoms with Crippen molar-refractivity contribution < 1.29 is 9.53 Å². The number of halogens is 1. The maximum atomic E-state index is 11.5. The molecule has 0 saturated heterocycles. The third-order valence-corrected chi connectivity index (χ3v) is 3.28. The van der Waals surface area contributed by atoms with Crippen LogP contribution < -0.4 is 5.32 Å². The number of aromatic nitrogens is 2. The molecule has 5 nitrogen and oxygen atoms in total. The molecule has 0 saturated carbocycles. The van der Waals surface area contributed by atoms with Crippen LogP contribution in [-0.4, -0.2) is 16.3 Å². The van der Waals surface area contributed by atoms with Crippen LogP contribution in [0.5, 0.6) is 0 Å². The lowest BCUT2D eigenvalue weighted by molar-refractivity contribution is 0.155. The molecule has 94 valence electrons. The van der Waals surface area contributed by atoms with Crippen LogP contribution in [0.2, 0.25) is 0 Å². The van der Waals surface area contributed by atoms with E-state index in [0.29, 0.717) is 5.82 Å². The summed E-state index contributed by atoms with van der Waals surface area (Å²) in [7, 11) is 0. The smallest absolute Gasteiger partial charge is 0.413 e. The SMILES string of the molecule is Cc1[nH]nc(NC(=O)OCc2ccccc2)c1Br. The lowest BCUT2D eigenvalue weighted by Crippen LogP contribution is -2.14. The summed E-state index contributed by atoms with van der Waals surface area (Å²) in [5.74, 6) is 0.422. The Morgan fingerprint density at radius 2 is 2.17 bits per heavy atom. The molecule has 1 heterocycles. The first-order chi connectivity index (χ1) is 8.66. The Balaban J connectivity index is 1.88. The van der Waals surface area contributed by atoms with Gasteiger partial charge in [-0.05, 0) is 28.4 Å². The number of carbonyl (C=O) groups is 1. The van der Waals surface area contributed by atoms with E-state index < -0.39 is 6.09 Å². The lowest BCUT2D eigenvalue weighted by Gasteiger charge is -2.05. The Morgan fingerprint density at radius 3 is 2.78 bits per heavy atom. The van der Waals surface area contributed by atoms with Gasteiger partial charge in [0.1, 0.15) is 6.61 Å². The fraction of sp³-hybridized carbons (Fsp3) is 0.167. The molecule has 18 heavy (non-hydrogen) atoms. The summed E-state index contributed by atoms with van der Waals surface area (Å²) in [6.07, 6.45) is -0.536. The normalized spacial score (nSPS) is 10.1. The Labute approximate surface area is 113 Å². The largest absolute Gasteiger partial charge is 0.444 e. The molecular formula is C12H12BrN3O2. The van der Waals surface area contributed by atoms with Crippen molar-refractivity contribution >= 4 is 27.8 Å². The van der Waals surface area contributed by atoms with E-state index in [9.17, 15) is 4.79 Å². The van der Waals surface area contributed by atoms with E-state index in [1.165, 1.54) is 0 Å². The zero-order chi connectivity index (χ0) is 13.0. The summed E-state index contributed by atoms with van der Waals surface area (Å²) in [5.41, 5.74) is 1.78. The summed E-state index contributed by atoms with van der Waals surface area (Å²) in [4.78, 5) is 11.5. The van der Waals surface area contributed by atoms with Crippen LogP contribution in [0, 0.1) is 6.92 Å². The molecule has 1 amide bonds. The van der Waals surface area contributed by atoms with Crippen LogP contribution in [0.25, 0.3) is 0 Å². The van der Waals surface area contributed by atoms with Crippen LogP contribution in [-0.2, 0) is 11.3 Å². The highest BCUT2D eigenvalue weighted by Crippen LogP contribution is 2.22. The number of anilines is 1. The molecule has 2 N–H and O–H groups in total. The summed E-state index contributed by atoms with van der Waals surface area (Å²) in [6, 6.07) is 9.48. The molecule has 0 aliphatic carbocycles. The Morgan fingerprint density at radius 1 is 1.44 bits per heavy atom. The van der Waals surface area contributed by atoms with E-state index in [1.54, 1.807) is 0 Å². The predicted octanol–water partition coefficient (Wildman–Crippen LogP) is 3.23. The van der Waals surface area contributed by atoms with Crippen molar-refractivity contribution in [3.8, 4) is 0 Å². The summed E-state index contributed by atoms with van der Waals surface area (Å²) < 4.78 is 5.79. The molecule has 0 atom stereocenters. The number of carbonyl (C=O) groups excluding carboxylic acids is 1. The molecule has 0 bridgehead atoms. The van der Waals surface area contributed by atoms with Crippen LogP contribution in [0.4, 0.5) is 10.6 Å². The van der Waals surface area contributed by atoms with E-state index in [-0.39, 0.29) is 6.61 Å². The maximum Gasteiger partial charge on any atom is 0.413 e. The Kier molecular flexibility index (Phi) is 3.99. The first kappa shape index (κ1) is 12.6. The van der Waals surface area contributed by atoms with Gasteiger partial charge >= 0.3 is 6.09 Å². The number of nitrogens with one attached hydrogen (secondary N) is 2. The monoisotopic (exact) mass is 309 g/mol. The average molecular weight is 310 g/mol. The minimum atomic E-state index is -0.536. The number of aryl methyl sites for hydroxylation is 1. The maximum absolute atomic E-state index is 11.5. The number of H-pyrrole nitrogens is 1. The molecule has 2 aromatic rings. The summed E-state index contributed by atoms with van der Waals surface area (Å²) in [5, 5.41) is 9.23. The van der Waals surface area contributed by atoms with Crippen molar-refractivity contribution in [3.63, 3.8) is 0 Å². The summed E-state index contributed by atoms with van der Waals surface area (Å²) >= 11 is 3.31. The van der Waals surface area contributed by atoms with Gasteiger partial charge in [-0.15, -0.1) is 0 Å². The number of hydrogen-bond donors (Lipinski definition) is 2. The third kappa shape index (κ3) is 3.10. The van der Waals surface area contributed by atoms with Crippen LogP contribution in [0.15, 0.2) is 34.8 Å². The van der Waals surface area contributed by atoms with E-state index in [4.69, 9.17) is 4.74 Å². The van der Waals surface area contributed by atoms with Gasteiger partial charge in [-0.1, -0.05) is 30.3 Å². The van der Waals surface area contributed by atoms with Gasteiger partial charge in [-0.3, -0.25) is 10.4 Å². The number of nitrogens with zero attached hydrogens (tertiary/aromatic N) is 1. The second-order valence-corrected chi connectivity index (χ2v) is 4.49. The third-order valence-electron chi connectivity index (χ3n) is 2.31. The van der Waals surface area contributed by atoms with Crippen molar-refractivity contribution in [1.82, 2.24) is 10.2 Å². The molecule has 0 radical (unpaired) electrons. The average Bonchev–Trinajstić information content (AvgIpc) is 2.70. The molecule has 0 unspecified atom stereocenters. The minimum Gasteiger partial charge on any atom is -0.444 e. The Hall–Kier alpha value is -1.82. The van der Waals surface area contributed by atoms with Gasteiger partial charge in [0.25, 0.3) is 0 Å². The quantitative estimate of drug-likeness (QED) is 0.914. The van der Waals surface area contributed by atoms with E-state index in [2.05, 4.69) is 31.4 Å². The van der Waals surface area contributed by atoms with Crippen molar-refractivity contribution in [2.75, 3.05) is 5.32 Å². The van der Waals surface area contributed by atoms with Crippen LogP contribution in [0.3, 0.4) is 0 Å². The summed E-state index contributed by atoms with van der Waals surface area (Å²) in [6.45, 7) is 2.07. The second-order valence-electron chi connectivity index (χ2n) is 3.70. The fourth-order valence-electron chi connectivity index (χ4n) is 1.35. The number of rotatable bonds is 3. The van der Waals surface area contributed by atoms with Crippen molar-refractivity contribution in [2.24, 2.45) is 0 Å². The van der Waals surface area contributed by atoms with Gasteiger partial charge in [0.15, 0.2) is 5.82 Å². The van der Waals surface area contributed by atoms with Gasteiger partial charge in [-0.25, -0.2) is 4.79 Å². The van der Waals surface area contributed by atoms with Gasteiger partial charge in [0.2, 0.25) is 0 Å². The number of amides is 1. The van der Waals surface area contributed by atoms with Crippen molar-refractivity contribution in [2.45, 2.75) is 13.5 Å². The standard InChI is InChI=1S/C12H12BrN3O2/c1-8-10(13)11(16-15-8)14-12(17)18-7-9-5-3-2-4-6-9/h2-6H,7H2,1H3,(H2,14,15,16,17). The molecule has 2 rings (SSSR count). The van der Waals surface area contributed by atoms with Crippen molar-refractivity contribution in [3.05, 3.63) is 46.1 Å². The number of hydrogen-bond acceptors (Lipinski definition) is 3. The fourth-order valence-corrected chi connectivity index (χ4v) is 1.63. The zero-order valence-corrected chi connectivity index (χ0v) is 11.3. The topological polar surface area (TPSA) is 67.0 Å². The number of ether oxygens (including phenoxy) is 1. The first-order valence-corrected chi connectivity index (χ1v) is 6.14. The molecule has 1 aromatic carbocycles. The molecule has 0 spiro atoms. The van der Waals surface area contributed by atoms with Gasteiger partial charge in [0, 0.05) is 5.69 Å². The second kappa shape index (κ2) is 5.68. The minimum absolute atomic E-state index is 0.230. The van der Waals surface area contributed by atoms with Crippen LogP contribution in [0.1, 0.15) is 11.3 Å². The highest BCUT2D eigenvalue weighted by atomic mass is 79.9. The Bertz CT molecular complexity index is 540. The predicted molar refractivity (Wildman–Crippen MR) is 71.3 cm³/mol. The number of aromatic amines is 1. The molecule has 0 aliphatic rings. The van der Waals surface area contributed by atoms with E-state index in [0.717, 1.165) is 15.7 Å². The first-order valence-electron chi connectivity index (χ1n) is 5.35. The van der Waals surface area contributed by atoms with E-state index >= 15 is 0 Å². The zero-order valence-electron chi connectivity index (χ0n) is 9.74. The molecular weight excluding hydrogens is 298 g/mol. The highest BCUT2D eigenvalue weighted by Gasteiger charge is 2.11. The van der Waals surface area contributed by atoms with Gasteiger partial charge < -0.3 is 4.74 Å². The van der Waals surface area contributed by atoms with E-state index in [1.807, 2.05) is 37.3 Å². The molecule has 6 heteroatoms. The van der Waals surface area contributed by atoms with Gasteiger partial charge in [-0.2, -0.15) is 5.10 Å². The number of benzene rings is 1. The van der Waals surface area contributed by atoms with Crippen molar-refractivity contribution in [1.29, 1.82) is 0 Å². The molecule has 0 aliphatic heterocycles. The van der Waals surface area contributed by atoms with Crippen LogP contribution >= 0.6 is 15.9 Å². The molecule has 0 fully saturated rings. The van der Waals surface area contributed by atoms with Gasteiger partial charge in [0.05, 0.1) is 4.47 Å². The molecule has 1 aromatic heterocycles. The lowest BCUT2D eigenvalue weighted by atomic mass is 10.2.